The van der Waals surface area contributed by atoms with E-state index in [1.54, 1.807) is 60.7 Å². The topological polar surface area (TPSA) is 77.1 Å². The van der Waals surface area contributed by atoms with Gasteiger partial charge in [-0.25, -0.2) is 0 Å². The minimum absolute atomic E-state index is 0.00888. The molecule has 1 fully saturated rings. The molecule has 0 bridgehead atoms. The van der Waals surface area contributed by atoms with E-state index in [0.29, 0.717) is 51.8 Å². The number of carbonyl (C=O) groups excluding carboxylic acids is 2. The number of rotatable bonds is 9. The molecule has 1 saturated heterocycles. The van der Waals surface area contributed by atoms with Gasteiger partial charge in [-0.1, -0.05) is 41.4 Å². The molecule has 3 aromatic rings. The SMILES string of the molecule is CCOc1cccc(N2C(=O)/C(=C/c3ccc(OCc4ccc(Cl)cc4Cl)c(OCC)c3)C(=O)NC2=S)c1. The van der Waals surface area contributed by atoms with Crippen LogP contribution in [-0.4, -0.2) is 30.1 Å². The Morgan fingerprint density at radius 2 is 1.71 bits per heavy atom. The molecule has 196 valence electrons. The molecule has 0 saturated carbocycles. The minimum atomic E-state index is -0.590. The number of hydrogen-bond acceptors (Lipinski definition) is 6. The number of halogens is 2. The van der Waals surface area contributed by atoms with Gasteiger partial charge in [-0.2, -0.15) is 0 Å². The van der Waals surface area contributed by atoms with Crippen LogP contribution < -0.4 is 24.4 Å². The Morgan fingerprint density at radius 3 is 2.45 bits per heavy atom. The molecule has 1 aliphatic rings. The number of anilines is 1. The lowest BCUT2D eigenvalue weighted by Crippen LogP contribution is -2.54. The molecule has 0 atom stereocenters. The smallest absolute Gasteiger partial charge is 0.270 e. The Labute approximate surface area is 235 Å². The van der Waals surface area contributed by atoms with Crippen molar-refractivity contribution in [2.24, 2.45) is 0 Å². The second-order valence-electron chi connectivity index (χ2n) is 8.05. The summed E-state index contributed by atoms with van der Waals surface area (Å²) in [4.78, 5) is 27.4. The molecular weight excluding hydrogens is 547 g/mol. The highest BCUT2D eigenvalue weighted by atomic mass is 35.5. The first-order chi connectivity index (χ1) is 18.3. The van der Waals surface area contributed by atoms with E-state index in [1.807, 2.05) is 13.8 Å². The maximum Gasteiger partial charge on any atom is 0.270 e. The van der Waals surface area contributed by atoms with Gasteiger partial charge in [0.25, 0.3) is 11.8 Å². The lowest BCUT2D eigenvalue weighted by atomic mass is 10.1. The van der Waals surface area contributed by atoms with Crippen LogP contribution in [-0.2, 0) is 16.2 Å². The summed E-state index contributed by atoms with van der Waals surface area (Å²) in [5.41, 5.74) is 1.74. The molecule has 0 radical (unpaired) electrons. The first kappa shape index (κ1) is 27.4. The molecule has 0 aliphatic carbocycles. The number of amides is 2. The predicted molar refractivity (Wildman–Crippen MR) is 152 cm³/mol. The Bertz CT molecular complexity index is 1430. The van der Waals surface area contributed by atoms with Crippen molar-refractivity contribution in [2.45, 2.75) is 20.5 Å². The normalized spacial score (nSPS) is 14.5. The van der Waals surface area contributed by atoms with E-state index in [4.69, 9.17) is 49.6 Å². The Morgan fingerprint density at radius 1 is 0.921 bits per heavy atom. The molecular formula is C28H24Cl2N2O5S. The second kappa shape index (κ2) is 12.3. The first-order valence-electron chi connectivity index (χ1n) is 11.8. The van der Waals surface area contributed by atoms with Gasteiger partial charge in [-0.15, -0.1) is 0 Å². The van der Waals surface area contributed by atoms with Gasteiger partial charge in [0.2, 0.25) is 0 Å². The highest BCUT2D eigenvalue weighted by Gasteiger charge is 2.34. The number of nitrogens with one attached hydrogen (secondary N) is 1. The molecule has 1 aliphatic heterocycles. The molecule has 0 spiro atoms. The van der Waals surface area contributed by atoms with E-state index < -0.39 is 11.8 Å². The van der Waals surface area contributed by atoms with Gasteiger partial charge in [-0.05, 0) is 74.1 Å². The van der Waals surface area contributed by atoms with Crippen LogP contribution >= 0.6 is 35.4 Å². The van der Waals surface area contributed by atoms with E-state index in [9.17, 15) is 9.59 Å². The van der Waals surface area contributed by atoms with Crippen LogP contribution in [0.25, 0.3) is 6.08 Å². The van der Waals surface area contributed by atoms with Crippen molar-refractivity contribution in [1.29, 1.82) is 0 Å². The van der Waals surface area contributed by atoms with E-state index >= 15 is 0 Å². The standard InChI is InChI=1S/C28H24Cl2N2O5S/c1-3-35-21-7-5-6-20(15-21)32-27(34)22(26(33)31-28(32)38)12-17-8-11-24(25(13-17)36-4-2)37-16-18-9-10-19(29)14-23(18)30/h5-15H,3-4,16H2,1-2H3,(H,31,33,38)/b22-12+. The third kappa shape index (κ3) is 6.27. The molecule has 7 nitrogen and oxygen atoms in total. The second-order valence-corrected chi connectivity index (χ2v) is 9.28. The third-order valence-electron chi connectivity index (χ3n) is 5.47. The monoisotopic (exact) mass is 570 g/mol. The number of nitrogens with zero attached hydrogens (tertiary/aromatic N) is 1. The molecule has 3 aromatic carbocycles. The van der Waals surface area contributed by atoms with Crippen LogP contribution in [0.15, 0.2) is 66.2 Å². The summed E-state index contributed by atoms with van der Waals surface area (Å²) < 4.78 is 17.2. The highest BCUT2D eigenvalue weighted by molar-refractivity contribution is 7.80. The maximum atomic E-state index is 13.4. The average Bonchev–Trinajstić information content (AvgIpc) is 2.87. The van der Waals surface area contributed by atoms with Gasteiger partial charge in [0, 0.05) is 21.7 Å². The summed E-state index contributed by atoms with van der Waals surface area (Å²) in [6.07, 6.45) is 1.49. The van der Waals surface area contributed by atoms with Crippen molar-refractivity contribution in [2.75, 3.05) is 18.1 Å². The Balaban J connectivity index is 1.61. The third-order valence-corrected chi connectivity index (χ3v) is 6.34. The highest BCUT2D eigenvalue weighted by Crippen LogP contribution is 2.32. The van der Waals surface area contributed by atoms with Crippen LogP contribution in [0.4, 0.5) is 5.69 Å². The van der Waals surface area contributed by atoms with Gasteiger partial charge in [0.1, 0.15) is 17.9 Å². The van der Waals surface area contributed by atoms with Crippen LogP contribution in [0.2, 0.25) is 10.0 Å². The van der Waals surface area contributed by atoms with E-state index in [0.717, 1.165) is 5.56 Å². The summed E-state index contributed by atoms with van der Waals surface area (Å²) >= 11 is 17.5. The van der Waals surface area contributed by atoms with Crippen LogP contribution in [0.3, 0.4) is 0 Å². The van der Waals surface area contributed by atoms with Crippen molar-refractivity contribution in [3.63, 3.8) is 0 Å². The fourth-order valence-electron chi connectivity index (χ4n) is 3.73. The summed E-state index contributed by atoms with van der Waals surface area (Å²) in [7, 11) is 0. The lowest BCUT2D eigenvalue weighted by Gasteiger charge is -2.29. The summed E-state index contributed by atoms with van der Waals surface area (Å²) in [5, 5.41) is 3.61. The van der Waals surface area contributed by atoms with Crippen LogP contribution in [0, 0.1) is 0 Å². The van der Waals surface area contributed by atoms with Crippen molar-refractivity contribution in [3.8, 4) is 17.2 Å². The largest absolute Gasteiger partial charge is 0.494 e. The summed E-state index contributed by atoms with van der Waals surface area (Å²) in [6, 6.07) is 17.2. The fraction of sp³-hybridized carbons (Fsp3) is 0.179. The molecule has 0 aromatic heterocycles. The molecule has 10 heteroatoms. The van der Waals surface area contributed by atoms with Crippen molar-refractivity contribution in [3.05, 3.63) is 87.4 Å². The fourth-order valence-corrected chi connectivity index (χ4v) is 4.48. The van der Waals surface area contributed by atoms with Gasteiger partial charge in [-0.3, -0.25) is 19.8 Å². The zero-order valence-electron chi connectivity index (χ0n) is 20.6. The van der Waals surface area contributed by atoms with Crippen LogP contribution in [0.1, 0.15) is 25.0 Å². The molecule has 1 N–H and O–H groups in total. The molecule has 0 unspecified atom stereocenters. The lowest BCUT2D eigenvalue weighted by molar-refractivity contribution is -0.122. The summed E-state index contributed by atoms with van der Waals surface area (Å²) in [6.45, 7) is 4.76. The molecule has 38 heavy (non-hydrogen) atoms. The number of thiocarbonyl (C=S) groups is 1. The number of hydrogen-bond donors (Lipinski definition) is 1. The molecule has 4 rings (SSSR count). The predicted octanol–water partition coefficient (Wildman–Crippen LogP) is 6.20. The van der Waals surface area contributed by atoms with Gasteiger partial charge in [0.15, 0.2) is 16.6 Å². The van der Waals surface area contributed by atoms with Gasteiger partial charge in [0.05, 0.1) is 18.9 Å². The summed E-state index contributed by atoms with van der Waals surface area (Å²) in [5.74, 6) is 0.373. The van der Waals surface area contributed by atoms with Gasteiger partial charge < -0.3 is 14.2 Å². The zero-order valence-corrected chi connectivity index (χ0v) is 23.0. The van der Waals surface area contributed by atoms with Gasteiger partial charge >= 0.3 is 0 Å². The average molecular weight is 571 g/mol. The number of ether oxygens (including phenoxy) is 3. The van der Waals surface area contributed by atoms with Crippen LogP contribution in [0.5, 0.6) is 17.2 Å². The first-order valence-corrected chi connectivity index (χ1v) is 12.9. The minimum Gasteiger partial charge on any atom is -0.494 e. The Hall–Kier alpha value is -3.59. The molecule has 1 heterocycles. The van der Waals surface area contributed by atoms with Crippen molar-refractivity contribution >= 4 is 64.1 Å². The quantitative estimate of drug-likeness (QED) is 0.187. The van der Waals surface area contributed by atoms with E-state index in [2.05, 4.69) is 5.32 Å². The zero-order chi connectivity index (χ0) is 27.2. The van der Waals surface area contributed by atoms with E-state index in [1.165, 1.54) is 11.0 Å². The van der Waals surface area contributed by atoms with E-state index in [-0.39, 0.29) is 17.3 Å². The maximum absolute atomic E-state index is 13.4. The van der Waals surface area contributed by atoms with Crippen molar-refractivity contribution in [1.82, 2.24) is 5.32 Å². The number of carbonyl (C=O) groups is 2. The number of benzene rings is 3. The Kier molecular flexibility index (Phi) is 8.89. The molecule has 2 amide bonds. The van der Waals surface area contributed by atoms with Crippen molar-refractivity contribution < 1.29 is 23.8 Å².